The summed E-state index contributed by atoms with van der Waals surface area (Å²) in [5.74, 6) is -0.356. The maximum atomic E-state index is 11.7. The summed E-state index contributed by atoms with van der Waals surface area (Å²) in [4.78, 5) is 25.5. The highest BCUT2D eigenvalue weighted by atomic mass is 79.9. The van der Waals surface area contributed by atoms with Gasteiger partial charge in [0.1, 0.15) is 15.3 Å². The summed E-state index contributed by atoms with van der Waals surface area (Å²) in [5, 5.41) is 38.3. The number of halogens is 2. The first kappa shape index (κ1) is 33.0. The molecule has 0 saturated heterocycles. The smallest absolute Gasteiger partial charge is 0.316 e. The summed E-state index contributed by atoms with van der Waals surface area (Å²) in [5.41, 5.74) is 5.08. The van der Waals surface area contributed by atoms with E-state index in [4.69, 9.17) is 0 Å². The third-order valence-electron chi connectivity index (χ3n) is 8.65. The van der Waals surface area contributed by atoms with Gasteiger partial charge in [-0.3, -0.25) is 18.7 Å². The molecule has 0 spiro atoms. The van der Waals surface area contributed by atoms with Crippen molar-refractivity contribution in [1.29, 1.82) is 0 Å². The summed E-state index contributed by atoms with van der Waals surface area (Å²) >= 11 is 12.9. The van der Waals surface area contributed by atoms with Crippen LogP contribution in [0, 0.1) is 18.8 Å². The van der Waals surface area contributed by atoms with E-state index in [1.807, 2.05) is 15.2 Å². The molecule has 4 atom stereocenters. The topological polar surface area (TPSA) is 136 Å². The van der Waals surface area contributed by atoms with Crippen LogP contribution in [0.1, 0.15) is 47.3 Å². The van der Waals surface area contributed by atoms with Gasteiger partial charge >= 0.3 is 11.9 Å². The number of hydrogen-bond acceptors (Lipinski definition) is 10. The number of carboxylic acid groups (broad SMARTS) is 2. The van der Waals surface area contributed by atoms with Crippen molar-refractivity contribution < 1.29 is 19.8 Å². The normalized spacial score (nSPS) is 19.4. The molecule has 4 unspecified atom stereocenters. The van der Waals surface area contributed by atoms with E-state index in [2.05, 4.69) is 89.5 Å². The van der Waals surface area contributed by atoms with Crippen LogP contribution in [-0.2, 0) is 22.4 Å². The lowest BCUT2D eigenvalue weighted by Crippen LogP contribution is -2.17. The maximum absolute atomic E-state index is 11.7. The molecular weight excluding hydrogens is 808 g/mol. The van der Waals surface area contributed by atoms with Crippen molar-refractivity contribution in [2.24, 2.45) is 11.8 Å². The molecule has 2 aliphatic rings. The number of aryl methyl sites for hydroxylation is 1. The number of thioether (sulfide) groups is 2. The predicted molar refractivity (Wildman–Crippen MR) is 192 cm³/mol. The first-order valence-electron chi connectivity index (χ1n) is 14.9. The van der Waals surface area contributed by atoms with Gasteiger partial charge in [0.15, 0.2) is 10.3 Å². The first-order chi connectivity index (χ1) is 22.6. The van der Waals surface area contributed by atoms with Crippen LogP contribution in [0.25, 0.3) is 20.4 Å². The van der Waals surface area contributed by atoms with Crippen LogP contribution < -0.4 is 0 Å². The average molecular weight is 837 g/mol. The highest BCUT2D eigenvalue weighted by Crippen LogP contribution is 2.59. The lowest BCUT2D eigenvalue weighted by molar-refractivity contribution is -0.136. The minimum absolute atomic E-state index is 0.0856. The van der Waals surface area contributed by atoms with Crippen molar-refractivity contribution in [3.05, 3.63) is 67.4 Å². The Morgan fingerprint density at radius 3 is 2.47 bits per heavy atom. The Balaban J connectivity index is 1.19. The van der Waals surface area contributed by atoms with Crippen LogP contribution in [0.15, 0.2) is 56.2 Å². The summed E-state index contributed by atoms with van der Waals surface area (Å²) in [6, 6.07) is 12.6. The second-order valence-corrected chi connectivity index (χ2v) is 17.4. The number of carboxylic acids is 2. The maximum Gasteiger partial charge on any atom is 0.316 e. The third kappa shape index (κ3) is 6.48. The molecule has 4 heterocycles. The van der Waals surface area contributed by atoms with Crippen LogP contribution >= 0.6 is 78.1 Å². The minimum atomic E-state index is -0.897. The molecular formula is C31H28Br2N6O4S4. The Morgan fingerprint density at radius 1 is 1.02 bits per heavy atom. The van der Waals surface area contributed by atoms with Gasteiger partial charge in [0, 0.05) is 9.75 Å². The molecule has 16 heteroatoms. The lowest BCUT2D eigenvalue weighted by atomic mass is 9.80. The number of hydrogen-bond donors (Lipinski definition) is 2. The van der Waals surface area contributed by atoms with E-state index < -0.39 is 17.2 Å². The molecule has 4 aromatic heterocycles. The highest BCUT2D eigenvalue weighted by molar-refractivity contribution is 9.10. The molecule has 0 aliphatic heterocycles. The predicted octanol–water partition coefficient (Wildman–Crippen LogP) is 8.12. The quantitative estimate of drug-likeness (QED) is 0.126. The van der Waals surface area contributed by atoms with Crippen LogP contribution in [0.5, 0.6) is 0 Å². The SMILES string of the molecule is Cc1cc(-n2c(Br)nnc2SCC(=O)O)sc1C1CC1C1CCc2c(-c3ccccc3)sc(-n3c(Br)nnc3SC(C)C(=O)O)c2C1. The summed E-state index contributed by atoms with van der Waals surface area (Å²) in [6.07, 6.45) is 4.14. The van der Waals surface area contributed by atoms with Gasteiger partial charge in [-0.1, -0.05) is 53.9 Å². The summed E-state index contributed by atoms with van der Waals surface area (Å²) in [7, 11) is 0. The molecule has 2 aliphatic carbocycles. The molecule has 0 amide bonds. The molecule has 7 rings (SSSR count). The number of nitrogens with zero attached hydrogens (tertiary/aromatic N) is 6. The van der Waals surface area contributed by atoms with Crippen LogP contribution in [0.4, 0.5) is 0 Å². The molecule has 1 saturated carbocycles. The van der Waals surface area contributed by atoms with Gasteiger partial charge in [-0.05, 0) is 117 Å². The second-order valence-electron chi connectivity index (χ2n) is 11.7. The fraction of sp³-hybridized carbons (Fsp3) is 0.355. The van der Waals surface area contributed by atoms with E-state index in [0.29, 0.717) is 37.5 Å². The molecule has 10 nitrogen and oxygen atoms in total. The van der Waals surface area contributed by atoms with Gasteiger partial charge in [-0.25, -0.2) is 0 Å². The summed E-state index contributed by atoms with van der Waals surface area (Å²) < 4.78 is 4.99. The van der Waals surface area contributed by atoms with E-state index in [1.54, 1.807) is 29.6 Å². The number of aliphatic carboxylic acids is 2. The van der Waals surface area contributed by atoms with Crippen molar-refractivity contribution in [2.75, 3.05) is 5.75 Å². The largest absolute Gasteiger partial charge is 0.481 e. The molecule has 1 fully saturated rings. The Morgan fingerprint density at radius 2 is 1.74 bits per heavy atom. The zero-order valence-corrected chi connectivity index (χ0v) is 31.5. The summed E-state index contributed by atoms with van der Waals surface area (Å²) in [6.45, 7) is 3.81. The Labute approximate surface area is 303 Å². The van der Waals surface area contributed by atoms with Gasteiger partial charge in [0.25, 0.3) is 0 Å². The molecule has 47 heavy (non-hydrogen) atoms. The van der Waals surface area contributed by atoms with Crippen LogP contribution in [0.3, 0.4) is 0 Å². The number of benzene rings is 1. The standard InChI is InChI=1S/C31H28Br2N6O4S4/c1-14-10-22(38-28(32)34-36-30(38)44-13-23(40)41)46-24(14)20-12-19(20)17-8-9-18-21(11-17)26(47-25(18)16-6-4-3-5-7-16)39-29(33)35-37-31(39)45-15(2)27(42)43/h3-7,10,15,17,19-20H,8-9,11-13H2,1-2H3,(H,40,41)(H,42,43). The van der Waals surface area contributed by atoms with Gasteiger partial charge in [0.05, 0.1) is 5.75 Å². The first-order valence-corrected chi connectivity index (χ1v) is 20.0. The number of thiophene rings is 2. The van der Waals surface area contributed by atoms with E-state index in [0.717, 1.165) is 47.4 Å². The van der Waals surface area contributed by atoms with Crippen molar-refractivity contribution in [3.8, 4) is 20.4 Å². The number of rotatable bonds is 11. The molecule has 1 aromatic carbocycles. The van der Waals surface area contributed by atoms with Crippen molar-refractivity contribution in [1.82, 2.24) is 29.5 Å². The Kier molecular flexibility index (Phi) is 9.43. The minimum Gasteiger partial charge on any atom is -0.481 e. The van der Waals surface area contributed by atoms with E-state index >= 15 is 0 Å². The van der Waals surface area contributed by atoms with Crippen molar-refractivity contribution in [3.63, 3.8) is 0 Å². The van der Waals surface area contributed by atoms with E-state index in [-0.39, 0.29) is 5.75 Å². The van der Waals surface area contributed by atoms with E-state index in [9.17, 15) is 19.8 Å². The fourth-order valence-corrected chi connectivity index (χ4v) is 12.0. The number of aromatic nitrogens is 6. The average Bonchev–Trinajstić information content (AvgIpc) is 3.25. The monoisotopic (exact) mass is 834 g/mol. The van der Waals surface area contributed by atoms with E-state index in [1.165, 1.54) is 43.8 Å². The molecule has 0 radical (unpaired) electrons. The number of fused-ring (bicyclic) bond motifs is 1. The zero-order valence-electron chi connectivity index (χ0n) is 25.1. The van der Waals surface area contributed by atoms with Gasteiger partial charge in [0.2, 0.25) is 9.47 Å². The lowest BCUT2D eigenvalue weighted by Gasteiger charge is -2.25. The van der Waals surface area contributed by atoms with Gasteiger partial charge in [-0.15, -0.1) is 43.1 Å². The third-order valence-corrected chi connectivity index (χ3v) is 14.3. The van der Waals surface area contributed by atoms with Crippen LogP contribution in [-0.4, -0.2) is 62.7 Å². The van der Waals surface area contributed by atoms with Crippen molar-refractivity contribution in [2.45, 2.75) is 61.0 Å². The number of carbonyl (C=O) groups is 2. The fourth-order valence-electron chi connectivity index (χ4n) is 6.38. The molecule has 2 N–H and O–H groups in total. The molecule has 5 aromatic rings. The van der Waals surface area contributed by atoms with Gasteiger partial charge < -0.3 is 10.2 Å². The second kappa shape index (κ2) is 13.4. The van der Waals surface area contributed by atoms with Gasteiger partial charge in [-0.2, -0.15) is 0 Å². The van der Waals surface area contributed by atoms with Crippen LogP contribution in [0.2, 0.25) is 0 Å². The highest BCUT2D eigenvalue weighted by Gasteiger charge is 2.47. The Hall–Kier alpha value is -2.50. The zero-order chi connectivity index (χ0) is 33.0. The van der Waals surface area contributed by atoms with Crippen molar-refractivity contribution >= 4 is 90.0 Å². The Bertz CT molecular complexity index is 1990. The molecule has 0 bridgehead atoms. The molecule has 244 valence electrons.